The van der Waals surface area contributed by atoms with E-state index in [0.717, 1.165) is 13.1 Å². The molecule has 1 saturated heterocycles. The lowest BCUT2D eigenvalue weighted by molar-refractivity contribution is -0.116. The number of thiophene rings is 1. The van der Waals surface area contributed by atoms with Crippen molar-refractivity contribution in [1.29, 1.82) is 0 Å². The molecule has 0 atom stereocenters. The van der Waals surface area contributed by atoms with E-state index in [2.05, 4.69) is 10.2 Å². The molecular formula is C18H23N3O3S2. The van der Waals surface area contributed by atoms with Crippen molar-refractivity contribution in [2.45, 2.75) is 17.7 Å². The van der Waals surface area contributed by atoms with Crippen LogP contribution in [0.5, 0.6) is 0 Å². The van der Waals surface area contributed by atoms with Crippen molar-refractivity contribution in [3.63, 3.8) is 0 Å². The Balaban J connectivity index is 1.58. The highest BCUT2D eigenvalue weighted by Gasteiger charge is 2.27. The molecule has 0 radical (unpaired) electrons. The van der Waals surface area contributed by atoms with Crippen LogP contribution in [0.4, 0.5) is 5.69 Å². The minimum absolute atomic E-state index is 0.0759. The van der Waals surface area contributed by atoms with Crippen LogP contribution in [0.3, 0.4) is 0 Å². The minimum Gasteiger partial charge on any atom is -0.326 e. The minimum atomic E-state index is -3.48. The first-order valence-corrected chi connectivity index (χ1v) is 10.9. The Hall–Kier alpha value is -1.74. The summed E-state index contributed by atoms with van der Waals surface area (Å²) in [6, 6.07) is 10.4. The van der Waals surface area contributed by atoms with E-state index in [0.29, 0.717) is 31.6 Å². The van der Waals surface area contributed by atoms with Gasteiger partial charge in [-0.15, -0.1) is 11.3 Å². The molecule has 0 saturated carbocycles. The smallest absolute Gasteiger partial charge is 0.243 e. The Morgan fingerprint density at radius 2 is 1.81 bits per heavy atom. The Kier molecular flexibility index (Phi) is 6.08. The second-order valence-corrected chi connectivity index (χ2v) is 9.33. The summed E-state index contributed by atoms with van der Waals surface area (Å²) in [5, 5.41) is 4.81. The van der Waals surface area contributed by atoms with E-state index in [1.807, 2.05) is 24.6 Å². The zero-order chi connectivity index (χ0) is 18.6. The molecule has 1 aliphatic rings. The van der Waals surface area contributed by atoms with Crippen LogP contribution < -0.4 is 5.32 Å². The number of carbonyl (C=O) groups is 1. The number of hydrogen-bond donors (Lipinski definition) is 1. The van der Waals surface area contributed by atoms with Crippen molar-refractivity contribution in [3.8, 4) is 0 Å². The first kappa shape index (κ1) is 19.0. The molecule has 1 aromatic carbocycles. The molecule has 8 heteroatoms. The Labute approximate surface area is 158 Å². The summed E-state index contributed by atoms with van der Waals surface area (Å²) < 4.78 is 26.9. The second kappa shape index (κ2) is 8.30. The third kappa shape index (κ3) is 4.70. The summed E-state index contributed by atoms with van der Waals surface area (Å²) in [4.78, 5) is 15.6. The van der Waals surface area contributed by atoms with Crippen molar-refractivity contribution >= 4 is 33.0 Å². The first-order valence-electron chi connectivity index (χ1n) is 8.56. The van der Waals surface area contributed by atoms with Gasteiger partial charge < -0.3 is 10.2 Å². The van der Waals surface area contributed by atoms with Gasteiger partial charge in [-0.25, -0.2) is 8.42 Å². The molecule has 0 bridgehead atoms. The van der Waals surface area contributed by atoms with Gasteiger partial charge in [0.1, 0.15) is 0 Å². The van der Waals surface area contributed by atoms with Crippen LogP contribution in [0.15, 0.2) is 46.7 Å². The number of hydrogen-bond acceptors (Lipinski definition) is 5. The predicted octanol–water partition coefficient (Wildman–Crippen LogP) is 2.26. The topological polar surface area (TPSA) is 69.7 Å². The van der Waals surface area contributed by atoms with Gasteiger partial charge in [-0.3, -0.25) is 4.79 Å². The van der Waals surface area contributed by atoms with Crippen LogP contribution in [-0.2, 0) is 21.2 Å². The van der Waals surface area contributed by atoms with Gasteiger partial charge in [0.15, 0.2) is 0 Å². The molecule has 1 N–H and O–H groups in total. The molecule has 0 unspecified atom stereocenters. The molecule has 1 aromatic heterocycles. The highest BCUT2D eigenvalue weighted by atomic mass is 32.2. The molecule has 0 aliphatic carbocycles. The largest absolute Gasteiger partial charge is 0.326 e. The maximum atomic E-state index is 12.7. The number of rotatable bonds is 6. The Bertz CT molecular complexity index is 825. The van der Waals surface area contributed by atoms with Crippen LogP contribution in [0, 0.1) is 0 Å². The average molecular weight is 394 g/mol. The summed E-state index contributed by atoms with van der Waals surface area (Å²) in [6.45, 7) is 2.47. The van der Waals surface area contributed by atoms with Crippen molar-refractivity contribution in [2.24, 2.45) is 0 Å². The number of carbonyl (C=O) groups excluding carboxylic acids is 1. The monoisotopic (exact) mass is 393 g/mol. The SMILES string of the molecule is CN1CCN(S(=O)(=O)c2ccc(NC(=O)CCc3cccs3)cc2)CC1. The highest BCUT2D eigenvalue weighted by Crippen LogP contribution is 2.20. The molecule has 2 heterocycles. The van der Waals surface area contributed by atoms with E-state index in [1.54, 1.807) is 35.6 Å². The molecule has 140 valence electrons. The van der Waals surface area contributed by atoms with Crippen LogP contribution in [0.2, 0.25) is 0 Å². The zero-order valence-electron chi connectivity index (χ0n) is 14.7. The molecular weight excluding hydrogens is 370 g/mol. The second-order valence-electron chi connectivity index (χ2n) is 6.36. The third-order valence-corrected chi connectivity index (χ3v) is 7.27. The number of nitrogens with zero attached hydrogens (tertiary/aromatic N) is 2. The summed E-state index contributed by atoms with van der Waals surface area (Å²) >= 11 is 1.64. The number of anilines is 1. The summed E-state index contributed by atoms with van der Waals surface area (Å²) in [6.07, 6.45) is 1.11. The number of amides is 1. The number of likely N-dealkylation sites (N-methyl/N-ethyl adjacent to an activating group) is 1. The van der Waals surface area contributed by atoms with E-state index in [1.165, 1.54) is 9.18 Å². The van der Waals surface area contributed by atoms with Crippen LogP contribution in [0.25, 0.3) is 0 Å². The standard InChI is InChI=1S/C18H23N3O3S2/c1-20-10-12-21(13-11-20)26(23,24)17-7-4-15(5-8-17)19-18(22)9-6-16-3-2-14-25-16/h2-5,7-8,14H,6,9-13H2,1H3,(H,19,22). The van der Waals surface area contributed by atoms with Gasteiger partial charge in [-0.1, -0.05) is 6.07 Å². The lowest BCUT2D eigenvalue weighted by atomic mass is 10.2. The summed E-state index contributed by atoms with van der Waals surface area (Å²) in [5.74, 6) is -0.0759. The highest BCUT2D eigenvalue weighted by molar-refractivity contribution is 7.89. The lowest BCUT2D eigenvalue weighted by Crippen LogP contribution is -2.46. The van der Waals surface area contributed by atoms with Crippen molar-refractivity contribution < 1.29 is 13.2 Å². The predicted molar refractivity (Wildman–Crippen MR) is 104 cm³/mol. The molecule has 1 amide bonds. The molecule has 2 aromatic rings. The van der Waals surface area contributed by atoms with Crippen molar-refractivity contribution in [2.75, 3.05) is 38.5 Å². The van der Waals surface area contributed by atoms with Gasteiger partial charge in [-0.2, -0.15) is 4.31 Å². The molecule has 1 aliphatic heterocycles. The van der Waals surface area contributed by atoms with Gasteiger partial charge >= 0.3 is 0 Å². The lowest BCUT2D eigenvalue weighted by Gasteiger charge is -2.31. The zero-order valence-corrected chi connectivity index (χ0v) is 16.4. The number of nitrogens with one attached hydrogen (secondary N) is 1. The van der Waals surface area contributed by atoms with Gasteiger partial charge in [0.05, 0.1) is 4.90 Å². The quantitative estimate of drug-likeness (QED) is 0.817. The molecule has 3 rings (SSSR count). The van der Waals surface area contributed by atoms with Crippen LogP contribution >= 0.6 is 11.3 Å². The number of aryl methyl sites for hydroxylation is 1. The molecule has 6 nitrogen and oxygen atoms in total. The normalized spacial score (nSPS) is 16.5. The fourth-order valence-corrected chi connectivity index (χ4v) is 4.93. The van der Waals surface area contributed by atoms with Crippen molar-refractivity contribution in [1.82, 2.24) is 9.21 Å². The van der Waals surface area contributed by atoms with Gasteiger partial charge in [0.2, 0.25) is 15.9 Å². The van der Waals surface area contributed by atoms with Crippen LogP contribution in [0.1, 0.15) is 11.3 Å². The van der Waals surface area contributed by atoms with E-state index in [4.69, 9.17) is 0 Å². The number of piperazine rings is 1. The van der Waals surface area contributed by atoms with E-state index >= 15 is 0 Å². The molecule has 0 spiro atoms. The maximum absolute atomic E-state index is 12.7. The van der Waals surface area contributed by atoms with Gasteiger partial charge in [0, 0.05) is 43.2 Å². The Morgan fingerprint density at radius 3 is 2.42 bits per heavy atom. The van der Waals surface area contributed by atoms with Gasteiger partial charge in [-0.05, 0) is 49.2 Å². The number of sulfonamides is 1. The molecule has 26 heavy (non-hydrogen) atoms. The Morgan fingerprint density at radius 1 is 1.12 bits per heavy atom. The number of benzene rings is 1. The van der Waals surface area contributed by atoms with Crippen molar-refractivity contribution in [3.05, 3.63) is 46.7 Å². The third-order valence-electron chi connectivity index (χ3n) is 4.42. The fraction of sp³-hybridized carbons (Fsp3) is 0.389. The average Bonchev–Trinajstić information content (AvgIpc) is 3.14. The van der Waals surface area contributed by atoms with E-state index in [9.17, 15) is 13.2 Å². The fourth-order valence-electron chi connectivity index (χ4n) is 2.80. The molecule has 1 fully saturated rings. The summed E-state index contributed by atoms with van der Waals surface area (Å²) in [5.41, 5.74) is 0.610. The first-order chi connectivity index (χ1) is 12.4. The van der Waals surface area contributed by atoms with Gasteiger partial charge in [0.25, 0.3) is 0 Å². The van der Waals surface area contributed by atoms with E-state index < -0.39 is 10.0 Å². The van der Waals surface area contributed by atoms with Crippen LogP contribution in [-0.4, -0.2) is 56.8 Å². The van der Waals surface area contributed by atoms with E-state index in [-0.39, 0.29) is 10.8 Å². The summed E-state index contributed by atoms with van der Waals surface area (Å²) in [7, 11) is -1.49. The maximum Gasteiger partial charge on any atom is 0.243 e.